The molecule has 2 aromatic rings. The molecule has 6 nitrogen and oxygen atoms in total. The van der Waals surface area contributed by atoms with E-state index in [0.29, 0.717) is 17.8 Å². The number of amidine groups is 1. The van der Waals surface area contributed by atoms with E-state index in [-0.39, 0.29) is 11.8 Å². The maximum absolute atomic E-state index is 12.9. The molecular weight excluding hydrogens is 384 g/mol. The zero-order chi connectivity index (χ0) is 20.6. The van der Waals surface area contributed by atoms with Crippen molar-refractivity contribution in [3.05, 3.63) is 60.7 Å². The lowest BCUT2D eigenvalue weighted by atomic mass is 10.0. The second-order valence-corrected chi connectivity index (χ2v) is 7.85. The molecule has 0 spiro atoms. The SMILES string of the molecule is CCCCC1C(=O)N(c2ccccc2)N(c2ccccc2)C1=O.NC1=NCCS1. The molecule has 2 N–H and O–H groups in total. The fourth-order valence-corrected chi connectivity index (χ4v) is 3.80. The van der Waals surface area contributed by atoms with Gasteiger partial charge in [0.1, 0.15) is 5.92 Å². The molecule has 2 amide bonds. The summed E-state index contributed by atoms with van der Waals surface area (Å²) in [5, 5.41) is 3.77. The van der Waals surface area contributed by atoms with Gasteiger partial charge in [0.25, 0.3) is 11.8 Å². The van der Waals surface area contributed by atoms with E-state index in [2.05, 4.69) is 11.9 Å². The van der Waals surface area contributed by atoms with Crippen molar-refractivity contribution in [1.82, 2.24) is 0 Å². The third-order valence-electron chi connectivity index (χ3n) is 4.67. The highest BCUT2D eigenvalue weighted by Gasteiger charge is 2.46. The average molecular weight is 411 g/mol. The number of nitrogens with two attached hydrogens (primary N) is 1. The molecule has 0 atom stereocenters. The summed E-state index contributed by atoms with van der Waals surface area (Å²) < 4.78 is 0. The molecule has 4 rings (SSSR count). The predicted octanol–water partition coefficient (Wildman–Crippen LogP) is 3.84. The van der Waals surface area contributed by atoms with Gasteiger partial charge in [0.15, 0.2) is 5.17 Å². The Morgan fingerprint density at radius 2 is 1.48 bits per heavy atom. The molecule has 1 saturated heterocycles. The van der Waals surface area contributed by atoms with Crippen LogP contribution in [0.3, 0.4) is 0 Å². The molecule has 2 aromatic carbocycles. The number of benzene rings is 2. The molecule has 2 aliphatic heterocycles. The van der Waals surface area contributed by atoms with E-state index in [1.807, 2.05) is 60.7 Å². The second kappa shape index (κ2) is 10.1. The van der Waals surface area contributed by atoms with Crippen LogP contribution in [0.4, 0.5) is 11.4 Å². The Morgan fingerprint density at radius 3 is 1.83 bits per heavy atom. The van der Waals surface area contributed by atoms with Crippen molar-refractivity contribution in [1.29, 1.82) is 0 Å². The zero-order valence-electron chi connectivity index (χ0n) is 16.5. The van der Waals surface area contributed by atoms with Crippen LogP contribution in [0.5, 0.6) is 0 Å². The summed E-state index contributed by atoms with van der Waals surface area (Å²) in [4.78, 5) is 29.6. The molecular formula is C22H26N4O2S. The zero-order valence-corrected chi connectivity index (χ0v) is 17.3. The fraction of sp³-hybridized carbons (Fsp3) is 0.318. The molecule has 2 heterocycles. The van der Waals surface area contributed by atoms with Crippen LogP contribution in [0.1, 0.15) is 26.2 Å². The lowest BCUT2D eigenvalue weighted by Gasteiger charge is -2.27. The van der Waals surface area contributed by atoms with Gasteiger partial charge in [-0.05, 0) is 30.7 Å². The van der Waals surface area contributed by atoms with Gasteiger partial charge in [0.2, 0.25) is 0 Å². The van der Waals surface area contributed by atoms with Gasteiger partial charge in [-0.1, -0.05) is 67.9 Å². The first-order valence-corrected chi connectivity index (χ1v) is 10.8. The van der Waals surface area contributed by atoms with Crippen molar-refractivity contribution in [2.24, 2.45) is 16.6 Å². The topological polar surface area (TPSA) is 79.0 Å². The predicted molar refractivity (Wildman–Crippen MR) is 120 cm³/mol. The van der Waals surface area contributed by atoms with E-state index in [0.717, 1.165) is 30.3 Å². The van der Waals surface area contributed by atoms with Gasteiger partial charge in [-0.3, -0.25) is 14.6 Å². The summed E-state index contributed by atoms with van der Waals surface area (Å²) in [5.41, 5.74) is 6.68. The second-order valence-electron chi connectivity index (χ2n) is 6.73. The fourth-order valence-electron chi connectivity index (χ4n) is 3.23. The molecule has 0 aliphatic carbocycles. The summed E-state index contributed by atoms with van der Waals surface area (Å²) in [6, 6.07) is 18.7. The first-order chi connectivity index (χ1) is 14.1. The number of nitrogens with zero attached hydrogens (tertiary/aromatic N) is 3. The quantitative estimate of drug-likeness (QED) is 0.760. The maximum atomic E-state index is 12.9. The molecule has 0 aromatic heterocycles. The van der Waals surface area contributed by atoms with E-state index in [1.165, 1.54) is 10.0 Å². The summed E-state index contributed by atoms with van der Waals surface area (Å²) in [6.07, 6.45) is 2.43. The molecule has 1 fully saturated rings. The van der Waals surface area contributed by atoms with E-state index in [9.17, 15) is 9.59 Å². The van der Waals surface area contributed by atoms with E-state index < -0.39 is 5.92 Å². The standard InChI is InChI=1S/C19H20N2O2.C3H6N2S/c1-2-3-14-17-18(22)20(15-10-6-4-7-11-15)21(19(17)23)16-12-8-5-9-13-16;4-3-5-1-2-6-3/h4-13,17H,2-3,14H2,1H3;1-2H2,(H2,4,5). The van der Waals surface area contributed by atoms with Crippen LogP contribution in [0, 0.1) is 5.92 Å². The molecule has 0 radical (unpaired) electrons. The molecule has 0 bridgehead atoms. The van der Waals surface area contributed by atoms with Gasteiger partial charge in [0, 0.05) is 5.75 Å². The molecule has 0 unspecified atom stereocenters. The summed E-state index contributed by atoms with van der Waals surface area (Å²) in [7, 11) is 0. The number of carbonyl (C=O) groups is 2. The number of rotatable bonds is 5. The normalized spacial score (nSPS) is 16.7. The van der Waals surface area contributed by atoms with Crippen molar-refractivity contribution in [2.75, 3.05) is 22.3 Å². The van der Waals surface area contributed by atoms with Gasteiger partial charge in [-0.15, -0.1) is 0 Å². The Labute approximate surface area is 175 Å². The van der Waals surface area contributed by atoms with Crippen LogP contribution >= 0.6 is 11.8 Å². The lowest BCUT2D eigenvalue weighted by Crippen LogP contribution is -2.41. The largest absolute Gasteiger partial charge is 0.379 e. The van der Waals surface area contributed by atoms with Crippen LogP contribution in [0.2, 0.25) is 0 Å². The Balaban J connectivity index is 0.000000343. The first-order valence-electron chi connectivity index (χ1n) is 9.84. The van der Waals surface area contributed by atoms with Crippen molar-refractivity contribution in [3.63, 3.8) is 0 Å². The number of thioether (sulfide) groups is 1. The lowest BCUT2D eigenvalue weighted by molar-refractivity contribution is -0.127. The van der Waals surface area contributed by atoms with Crippen molar-refractivity contribution >= 4 is 40.1 Å². The first kappa shape index (κ1) is 20.9. The Hall–Kier alpha value is -2.80. The van der Waals surface area contributed by atoms with E-state index >= 15 is 0 Å². The highest BCUT2D eigenvalue weighted by molar-refractivity contribution is 8.14. The van der Waals surface area contributed by atoms with Crippen LogP contribution < -0.4 is 15.8 Å². The number of amides is 2. The van der Waals surface area contributed by atoms with Crippen molar-refractivity contribution in [2.45, 2.75) is 26.2 Å². The van der Waals surface area contributed by atoms with Crippen LogP contribution in [0.25, 0.3) is 0 Å². The molecule has 0 saturated carbocycles. The maximum Gasteiger partial charge on any atom is 0.258 e. The minimum atomic E-state index is -0.588. The number of carbonyl (C=O) groups excluding carboxylic acids is 2. The third-order valence-corrected chi connectivity index (χ3v) is 5.48. The number of anilines is 2. The smallest absolute Gasteiger partial charge is 0.258 e. The van der Waals surface area contributed by atoms with Gasteiger partial charge >= 0.3 is 0 Å². The van der Waals surface area contributed by atoms with Crippen LogP contribution in [0.15, 0.2) is 65.7 Å². The highest BCUT2D eigenvalue weighted by Crippen LogP contribution is 2.33. The number of hydrogen-bond donors (Lipinski definition) is 1. The number of aliphatic imine (C=N–C) groups is 1. The Kier molecular flexibility index (Phi) is 7.30. The monoisotopic (exact) mass is 410 g/mol. The van der Waals surface area contributed by atoms with E-state index in [4.69, 9.17) is 5.73 Å². The summed E-state index contributed by atoms with van der Waals surface area (Å²) in [6.45, 7) is 2.98. The number of unbranched alkanes of at least 4 members (excludes halogenated alkanes) is 1. The summed E-state index contributed by atoms with van der Waals surface area (Å²) in [5.74, 6) is 0.207. The van der Waals surface area contributed by atoms with Gasteiger partial charge in [-0.25, -0.2) is 10.0 Å². The van der Waals surface area contributed by atoms with Crippen molar-refractivity contribution < 1.29 is 9.59 Å². The van der Waals surface area contributed by atoms with Gasteiger partial charge < -0.3 is 5.73 Å². The molecule has 29 heavy (non-hydrogen) atoms. The van der Waals surface area contributed by atoms with Crippen molar-refractivity contribution in [3.8, 4) is 0 Å². The Morgan fingerprint density at radius 1 is 0.966 bits per heavy atom. The number of hydrazine groups is 1. The number of hydrogen-bond acceptors (Lipinski definition) is 5. The molecule has 2 aliphatic rings. The molecule has 152 valence electrons. The third kappa shape index (κ3) is 4.98. The minimum Gasteiger partial charge on any atom is -0.379 e. The van der Waals surface area contributed by atoms with Gasteiger partial charge in [0.05, 0.1) is 17.9 Å². The number of para-hydroxylation sites is 2. The molecule has 7 heteroatoms. The average Bonchev–Trinajstić information content (AvgIpc) is 3.33. The minimum absolute atomic E-state index is 0.140. The van der Waals surface area contributed by atoms with Gasteiger partial charge in [-0.2, -0.15) is 0 Å². The van der Waals surface area contributed by atoms with Crippen LogP contribution in [-0.2, 0) is 9.59 Å². The summed E-state index contributed by atoms with van der Waals surface area (Å²) >= 11 is 1.62. The Bertz CT molecular complexity index is 800. The van der Waals surface area contributed by atoms with Crippen LogP contribution in [-0.4, -0.2) is 29.3 Å². The van der Waals surface area contributed by atoms with E-state index in [1.54, 1.807) is 11.8 Å². The highest BCUT2D eigenvalue weighted by atomic mass is 32.2.